The number of rotatable bonds is 4. The summed E-state index contributed by atoms with van der Waals surface area (Å²) in [6.45, 7) is 0.447. The van der Waals surface area contributed by atoms with E-state index in [-0.39, 0.29) is 5.56 Å². The zero-order valence-electron chi connectivity index (χ0n) is 10.3. The highest BCUT2D eigenvalue weighted by atomic mass is 32.1. The van der Waals surface area contributed by atoms with Gasteiger partial charge in [-0.1, -0.05) is 6.07 Å². The molecule has 2 rings (SSSR count). The van der Waals surface area contributed by atoms with Gasteiger partial charge in [0.25, 0.3) is 5.91 Å². The number of hydrogen-bond acceptors (Lipinski definition) is 3. The van der Waals surface area contributed by atoms with E-state index in [4.69, 9.17) is 0 Å². The molecule has 0 fully saturated rings. The van der Waals surface area contributed by atoms with Crippen molar-refractivity contribution in [3.63, 3.8) is 0 Å². The van der Waals surface area contributed by atoms with Gasteiger partial charge < -0.3 is 4.90 Å². The molecule has 100 valence electrons. The van der Waals surface area contributed by atoms with Crippen LogP contribution in [0.25, 0.3) is 0 Å². The highest BCUT2D eigenvalue weighted by Gasteiger charge is 2.19. The summed E-state index contributed by atoms with van der Waals surface area (Å²) < 4.78 is 26.4. The van der Waals surface area contributed by atoms with E-state index < -0.39 is 17.7 Å². The van der Waals surface area contributed by atoms with E-state index in [1.165, 1.54) is 11.0 Å². The molecule has 0 aromatic carbocycles. The minimum atomic E-state index is -1.25. The van der Waals surface area contributed by atoms with Crippen LogP contribution in [0.15, 0.2) is 29.8 Å². The largest absolute Gasteiger partial charge is 0.341 e. The predicted octanol–water partition coefficient (Wildman–Crippen LogP) is 2.74. The number of pyridine rings is 1. The molecule has 3 nitrogen and oxygen atoms in total. The van der Waals surface area contributed by atoms with E-state index in [0.717, 1.165) is 11.1 Å². The van der Waals surface area contributed by atoms with Crippen molar-refractivity contribution in [2.45, 2.75) is 6.42 Å². The Morgan fingerprint density at radius 1 is 1.42 bits per heavy atom. The molecule has 19 heavy (non-hydrogen) atoms. The molecule has 0 aliphatic rings. The van der Waals surface area contributed by atoms with Gasteiger partial charge in [-0.25, -0.2) is 9.37 Å². The minimum absolute atomic E-state index is 0.291. The second-order valence-electron chi connectivity index (χ2n) is 4.02. The van der Waals surface area contributed by atoms with Crippen LogP contribution in [-0.2, 0) is 6.42 Å². The SMILES string of the molecule is CN(CCc1cccs1)C(=O)c1ccnc(F)c1F. The summed E-state index contributed by atoms with van der Waals surface area (Å²) in [6.07, 6.45) is 1.77. The van der Waals surface area contributed by atoms with Crippen molar-refractivity contribution in [2.24, 2.45) is 0 Å². The lowest BCUT2D eigenvalue weighted by Gasteiger charge is -2.17. The number of carbonyl (C=O) groups excluding carboxylic acids is 1. The number of thiophene rings is 1. The van der Waals surface area contributed by atoms with Gasteiger partial charge in [-0.05, 0) is 23.9 Å². The summed E-state index contributed by atoms with van der Waals surface area (Å²) in [4.78, 5) is 17.6. The molecule has 1 amide bonds. The molecule has 0 spiro atoms. The Kier molecular flexibility index (Phi) is 4.21. The molecule has 0 aliphatic carbocycles. The Hall–Kier alpha value is -1.82. The van der Waals surface area contributed by atoms with Crippen molar-refractivity contribution < 1.29 is 13.6 Å². The van der Waals surface area contributed by atoms with Gasteiger partial charge in [-0.15, -0.1) is 11.3 Å². The van der Waals surface area contributed by atoms with Crippen molar-refractivity contribution >= 4 is 17.2 Å². The lowest BCUT2D eigenvalue weighted by atomic mass is 10.2. The van der Waals surface area contributed by atoms with Gasteiger partial charge in [-0.2, -0.15) is 4.39 Å². The van der Waals surface area contributed by atoms with Crippen LogP contribution in [0.4, 0.5) is 8.78 Å². The van der Waals surface area contributed by atoms with Crippen molar-refractivity contribution in [1.82, 2.24) is 9.88 Å². The van der Waals surface area contributed by atoms with Crippen LogP contribution in [0.1, 0.15) is 15.2 Å². The standard InChI is InChI=1S/C13H12F2N2OS/c1-17(7-5-9-3-2-8-19-9)13(18)10-4-6-16-12(15)11(10)14/h2-4,6,8H,5,7H2,1H3. The lowest BCUT2D eigenvalue weighted by molar-refractivity contribution is 0.0790. The average Bonchev–Trinajstić information content (AvgIpc) is 2.91. The summed E-state index contributed by atoms with van der Waals surface area (Å²) in [7, 11) is 1.56. The Bertz CT molecular complexity index is 572. The highest BCUT2D eigenvalue weighted by molar-refractivity contribution is 7.09. The summed E-state index contributed by atoms with van der Waals surface area (Å²) >= 11 is 1.60. The van der Waals surface area contributed by atoms with Gasteiger partial charge >= 0.3 is 0 Å². The molecule has 0 aliphatic heterocycles. The van der Waals surface area contributed by atoms with Gasteiger partial charge in [0, 0.05) is 24.7 Å². The van der Waals surface area contributed by atoms with Crippen molar-refractivity contribution in [3.05, 3.63) is 52.0 Å². The molecule has 6 heteroatoms. The Morgan fingerprint density at radius 2 is 2.21 bits per heavy atom. The zero-order chi connectivity index (χ0) is 13.8. The first kappa shape index (κ1) is 13.6. The second-order valence-corrected chi connectivity index (χ2v) is 5.05. The summed E-state index contributed by atoms with van der Waals surface area (Å²) in [5.41, 5.74) is -0.291. The van der Waals surface area contributed by atoms with Crippen LogP contribution >= 0.6 is 11.3 Å². The number of halogens is 2. The normalized spacial score (nSPS) is 10.5. The number of amides is 1. The number of hydrogen-bond donors (Lipinski definition) is 0. The van der Waals surface area contributed by atoms with Crippen molar-refractivity contribution in [3.8, 4) is 0 Å². The number of nitrogens with zero attached hydrogens (tertiary/aromatic N) is 2. The smallest absolute Gasteiger partial charge is 0.256 e. The fraction of sp³-hybridized carbons (Fsp3) is 0.231. The minimum Gasteiger partial charge on any atom is -0.341 e. The van der Waals surface area contributed by atoms with Crippen LogP contribution in [0.2, 0.25) is 0 Å². The van der Waals surface area contributed by atoms with Crippen LogP contribution in [-0.4, -0.2) is 29.4 Å². The molecule has 2 heterocycles. The Labute approximate surface area is 113 Å². The zero-order valence-corrected chi connectivity index (χ0v) is 11.1. The molecule has 0 saturated carbocycles. The third kappa shape index (κ3) is 3.14. The quantitative estimate of drug-likeness (QED) is 0.808. The highest BCUT2D eigenvalue weighted by Crippen LogP contribution is 2.13. The first-order valence-electron chi connectivity index (χ1n) is 5.67. The van der Waals surface area contributed by atoms with E-state index in [2.05, 4.69) is 4.98 Å². The fourth-order valence-corrected chi connectivity index (χ4v) is 2.32. The average molecular weight is 282 g/mol. The van der Waals surface area contributed by atoms with Gasteiger partial charge in [0.1, 0.15) is 0 Å². The van der Waals surface area contributed by atoms with E-state index in [9.17, 15) is 13.6 Å². The summed E-state index contributed by atoms with van der Waals surface area (Å²) in [6, 6.07) is 5.08. The molecule has 2 aromatic rings. The lowest BCUT2D eigenvalue weighted by Crippen LogP contribution is -2.29. The van der Waals surface area contributed by atoms with Gasteiger partial charge in [0.2, 0.25) is 5.95 Å². The van der Waals surface area contributed by atoms with Gasteiger partial charge in [0.05, 0.1) is 5.56 Å². The fourth-order valence-electron chi connectivity index (χ4n) is 1.62. The molecular formula is C13H12F2N2OS. The third-order valence-electron chi connectivity index (χ3n) is 2.70. The Balaban J connectivity index is 2.04. The molecule has 0 N–H and O–H groups in total. The molecule has 0 unspecified atom stereocenters. The molecule has 0 bridgehead atoms. The first-order valence-corrected chi connectivity index (χ1v) is 6.55. The van der Waals surface area contributed by atoms with E-state index in [1.54, 1.807) is 18.4 Å². The van der Waals surface area contributed by atoms with Crippen LogP contribution in [0.5, 0.6) is 0 Å². The monoisotopic (exact) mass is 282 g/mol. The summed E-state index contributed by atoms with van der Waals surface area (Å²) in [5.74, 6) is -3.00. The van der Waals surface area contributed by atoms with E-state index in [1.807, 2.05) is 17.5 Å². The van der Waals surface area contributed by atoms with Gasteiger partial charge in [-0.3, -0.25) is 4.79 Å². The van der Waals surface area contributed by atoms with Crippen molar-refractivity contribution in [1.29, 1.82) is 0 Å². The molecule has 0 radical (unpaired) electrons. The van der Waals surface area contributed by atoms with Crippen LogP contribution in [0.3, 0.4) is 0 Å². The summed E-state index contributed by atoms with van der Waals surface area (Å²) in [5, 5.41) is 1.95. The predicted molar refractivity (Wildman–Crippen MR) is 69.1 cm³/mol. The number of aromatic nitrogens is 1. The number of likely N-dealkylation sites (N-methyl/N-ethyl adjacent to an activating group) is 1. The van der Waals surface area contributed by atoms with Crippen LogP contribution in [0, 0.1) is 11.8 Å². The Morgan fingerprint density at radius 3 is 2.89 bits per heavy atom. The first-order chi connectivity index (χ1) is 9.09. The molecule has 0 atom stereocenters. The van der Waals surface area contributed by atoms with Gasteiger partial charge in [0.15, 0.2) is 5.82 Å². The maximum atomic E-state index is 13.4. The molecule has 0 saturated heterocycles. The third-order valence-corrected chi connectivity index (χ3v) is 3.63. The topological polar surface area (TPSA) is 33.2 Å². The van der Waals surface area contributed by atoms with Crippen molar-refractivity contribution in [2.75, 3.05) is 13.6 Å². The maximum absolute atomic E-state index is 13.4. The second kappa shape index (κ2) is 5.88. The molecule has 2 aromatic heterocycles. The molecular weight excluding hydrogens is 270 g/mol. The maximum Gasteiger partial charge on any atom is 0.256 e. The van der Waals surface area contributed by atoms with E-state index in [0.29, 0.717) is 13.0 Å². The van der Waals surface area contributed by atoms with E-state index >= 15 is 0 Å². The number of carbonyl (C=O) groups is 1. The van der Waals surface area contributed by atoms with Crippen LogP contribution < -0.4 is 0 Å².